The van der Waals surface area contributed by atoms with Crippen molar-refractivity contribution in [3.63, 3.8) is 0 Å². The molecule has 0 aromatic heterocycles. The fourth-order valence-electron chi connectivity index (χ4n) is 2.04. The number of aryl methyl sites for hydroxylation is 1. The zero-order valence-electron chi connectivity index (χ0n) is 13.3. The van der Waals surface area contributed by atoms with Gasteiger partial charge in [0.2, 0.25) is 0 Å². The summed E-state index contributed by atoms with van der Waals surface area (Å²) in [6, 6.07) is 6.16. The van der Waals surface area contributed by atoms with E-state index in [1.165, 1.54) is 17.5 Å². The van der Waals surface area contributed by atoms with Gasteiger partial charge in [-0.3, -0.25) is 0 Å². The first-order chi connectivity index (χ1) is 9.50. The van der Waals surface area contributed by atoms with Crippen LogP contribution in [0.3, 0.4) is 0 Å². The molecule has 114 valence electrons. The van der Waals surface area contributed by atoms with E-state index in [0.29, 0.717) is 13.2 Å². The molecule has 0 heterocycles. The highest BCUT2D eigenvalue weighted by Crippen LogP contribution is 2.17. The quantitative estimate of drug-likeness (QED) is 0.679. The average molecular weight is 279 g/mol. The lowest BCUT2D eigenvalue weighted by Crippen LogP contribution is -2.25. The molecule has 3 nitrogen and oxygen atoms in total. The average Bonchev–Trinajstić information content (AvgIpc) is 2.39. The molecule has 0 aliphatic rings. The van der Waals surface area contributed by atoms with Crippen molar-refractivity contribution in [2.75, 3.05) is 25.1 Å². The third kappa shape index (κ3) is 6.40. The Morgan fingerprint density at radius 2 is 2.00 bits per heavy atom. The molecule has 1 aromatic carbocycles. The summed E-state index contributed by atoms with van der Waals surface area (Å²) in [4.78, 5) is 0. The predicted molar refractivity (Wildman–Crippen MR) is 85.3 cm³/mol. The van der Waals surface area contributed by atoms with Gasteiger partial charge in [-0.25, -0.2) is 0 Å². The largest absolute Gasteiger partial charge is 0.389 e. The van der Waals surface area contributed by atoms with E-state index in [1.54, 1.807) is 0 Å². The number of nitrogens with one attached hydrogen (secondary N) is 1. The van der Waals surface area contributed by atoms with Crippen LogP contribution in [0.25, 0.3) is 0 Å². The summed E-state index contributed by atoms with van der Waals surface area (Å²) in [5, 5.41) is 13.2. The summed E-state index contributed by atoms with van der Waals surface area (Å²) in [5.74, 6) is 0.717. The second-order valence-electron chi connectivity index (χ2n) is 5.89. The lowest BCUT2D eigenvalue weighted by Gasteiger charge is -2.15. The summed E-state index contributed by atoms with van der Waals surface area (Å²) in [6.07, 6.45) is 1.78. The highest BCUT2D eigenvalue weighted by molar-refractivity contribution is 5.53. The van der Waals surface area contributed by atoms with Gasteiger partial charge in [-0.1, -0.05) is 26.0 Å². The van der Waals surface area contributed by atoms with Gasteiger partial charge in [0.05, 0.1) is 12.7 Å². The van der Waals surface area contributed by atoms with Crippen LogP contribution in [0.4, 0.5) is 5.69 Å². The molecule has 0 fully saturated rings. The van der Waals surface area contributed by atoms with Gasteiger partial charge in [-0.05, 0) is 49.8 Å². The highest BCUT2D eigenvalue weighted by Gasteiger charge is 2.06. The Hall–Kier alpha value is -1.06. The standard InChI is InChI=1S/C17H29NO2/c1-13(2)7-6-10-20-12-16(19)11-18-17-9-5-8-14(3)15(17)4/h5,8-9,13,16,18-19H,6-7,10-12H2,1-4H3. The van der Waals surface area contributed by atoms with E-state index in [9.17, 15) is 5.11 Å². The number of anilines is 1. The minimum Gasteiger partial charge on any atom is -0.389 e. The Kier molecular flexibility index (Phi) is 7.63. The van der Waals surface area contributed by atoms with Crippen molar-refractivity contribution in [1.29, 1.82) is 0 Å². The van der Waals surface area contributed by atoms with Crippen LogP contribution in [0.1, 0.15) is 37.8 Å². The Labute approximate surface area is 123 Å². The first-order valence-corrected chi connectivity index (χ1v) is 7.56. The summed E-state index contributed by atoms with van der Waals surface area (Å²) in [6.45, 7) is 10.3. The van der Waals surface area contributed by atoms with Gasteiger partial charge in [0.15, 0.2) is 0 Å². The number of aliphatic hydroxyl groups excluding tert-OH is 1. The molecule has 20 heavy (non-hydrogen) atoms. The first-order valence-electron chi connectivity index (χ1n) is 7.56. The van der Waals surface area contributed by atoms with Crippen molar-refractivity contribution < 1.29 is 9.84 Å². The second-order valence-corrected chi connectivity index (χ2v) is 5.89. The van der Waals surface area contributed by atoms with Crippen LogP contribution in [0.2, 0.25) is 0 Å². The number of hydrogen-bond donors (Lipinski definition) is 2. The smallest absolute Gasteiger partial charge is 0.0945 e. The van der Waals surface area contributed by atoms with Gasteiger partial charge >= 0.3 is 0 Å². The maximum absolute atomic E-state index is 9.89. The lowest BCUT2D eigenvalue weighted by atomic mass is 10.1. The molecule has 0 spiro atoms. The Bertz CT molecular complexity index is 391. The predicted octanol–water partition coefficient (Wildman–Crippen LogP) is 3.53. The van der Waals surface area contributed by atoms with Crippen molar-refractivity contribution >= 4 is 5.69 Å². The maximum Gasteiger partial charge on any atom is 0.0945 e. The van der Waals surface area contributed by atoms with E-state index in [1.807, 2.05) is 12.1 Å². The van der Waals surface area contributed by atoms with Crippen LogP contribution >= 0.6 is 0 Å². The van der Waals surface area contributed by atoms with Crippen LogP contribution in [-0.2, 0) is 4.74 Å². The van der Waals surface area contributed by atoms with Gasteiger partial charge in [0.1, 0.15) is 0 Å². The van der Waals surface area contributed by atoms with Gasteiger partial charge < -0.3 is 15.2 Å². The zero-order chi connectivity index (χ0) is 15.0. The third-order valence-electron chi connectivity index (χ3n) is 3.51. The van der Waals surface area contributed by atoms with E-state index in [0.717, 1.165) is 24.6 Å². The number of benzene rings is 1. The van der Waals surface area contributed by atoms with Crippen LogP contribution in [0.5, 0.6) is 0 Å². The van der Waals surface area contributed by atoms with Crippen molar-refractivity contribution in [2.24, 2.45) is 5.92 Å². The van der Waals surface area contributed by atoms with Gasteiger partial charge in [0, 0.05) is 18.8 Å². The molecule has 0 aliphatic carbocycles. The highest BCUT2D eigenvalue weighted by atomic mass is 16.5. The van der Waals surface area contributed by atoms with Crippen molar-refractivity contribution in [2.45, 2.75) is 46.6 Å². The van der Waals surface area contributed by atoms with Gasteiger partial charge in [-0.2, -0.15) is 0 Å². The lowest BCUT2D eigenvalue weighted by molar-refractivity contribution is 0.0409. The Balaban J connectivity index is 2.19. The molecule has 0 amide bonds. The molecule has 0 radical (unpaired) electrons. The molecule has 0 aliphatic heterocycles. The van der Waals surface area contributed by atoms with E-state index < -0.39 is 6.10 Å². The molecule has 1 unspecified atom stereocenters. The molecule has 1 atom stereocenters. The zero-order valence-corrected chi connectivity index (χ0v) is 13.3. The van der Waals surface area contributed by atoms with Gasteiger partial charge in [0.25, 0.3) is 0 Å². The SMILES string of the molecule is Cc1cccc(NCC(O)COCCCC(C)C)c1C. The molecule has 0 saturated heterocycles. The van der Waals surface area contributed by atoms with Crippen LogP contribution in [0, 0.1) is 19.8 Å². The van der Waals surface area contributed by atoms with E-state index in [-0.39, 0.29) is 0 Å². The molecule has 2 N–H and O–H groups in total. The van der Waals surface area contributed by atoms with E-state index >= 15 is 0 Å². The first kappa shape index (κ1) is 17.0. The third-order valence-corrected chi connectivity index (χ3v) is 3.51. The van der Waals surface area contributed by atoms with Crippen molar-refractivity contribution in [3.05, 3.63) is 29.3 Å². The molecule has 1 rings (SSSR count). The van der Waals surface area contributed by atoms with E-state index in [4.69, 9.17) is 4.74 Å². The fourth-order valence-corrected chi connectivity index (χ4v) is 2.04. The van der Waals surface area contributed by atoms with Crippen LogP contribution in [0.15, 0.2) is 18.2 Å². The minimum atomic E-state index is -0.464. The topological polar surface area (TPSA) is 41.5 Å². The number of ether oxygens (including phenoxy) is 1. The summed E-state index contributed by atoms with van der Waals surface area (Å²) < 4.78 is 5.50. The molecule has 0 saturated carbocycles. The number of rotatable bonds is 9. The van der Waals surface area contributed by atoms with E-state index in [2.05, 4.69) is 39.1 Å². The van der Waals surface area contributed by atoms with Crippen LogP contribution in [-0.4, -0.2) is 31.0 Å². The monoisotopic (exact) mass is 279 g/mol. The fraction of sp³-hybridized carbons (Fsp3) is 0.647. The number of hydrogen-bond acceptors (Lipinski definition) is 3. The summed E-state index contributed by atoms with van der Waals surface area (Å²) in [7, 11) is 0. The van der Waals surface area contributed by atoms with Crippen molar-refractivity contribution in [3.8, 4) is 0 Å². The summed E-state index contributed by atoms with van der Waals surface area (Å²) in [5.41, 5.74) is 3.58. The molecular formula is C17H29NO2. The second kappa shape index (κ2) is 8.98. The maximum atomic E-state index is 9.89. The molecule has 1 aromatic rings. The Morgan fingerprint density at radius 1 is 1.25 bits per heavy atom. The van der Waals surface area contributed by atoms with Crippen LogP contribution < -0.4 is 5.32 Å². The Morgan fingerprint density at radius 3 is 2.70 bits per heavy atom. The molecule has 3 heteroatoms. The normalized spacial score (nSPS) is 12.7. The van der Waals surface area contributed by atoms with Gasteiger partial charge in [-0.15, -0.1) is 0 Å². The number of aliphatic hydroxyl groups is 1. The summed E-state index contributed by atoms with van der Waals surface area (Å²) >= 11 is 0. The molecular weight excluding hydrogens is 250 g/mol. The minimum absolute atomic E-state index is 0.399. The van der Waals surface area contributed by atoms with Crippen molar-refractivity contribution in [1.82, 2.24) is 0 Å². The molecule has 0 bridgehead atoms.